The maximum atomic E-state index is 16.9. The van der Waals surface area contributed by atoms with Gasteiger partial charge in [-0.1, -0.05) is 78.9 Å². The number of rotatable bonds is 11. The predicted octanol–water partition coefficient (Wildman–Crippen LogP) is 7.08. The Morgan fingerprint density at radius 2 is 1.47 bits per heavy atom. The fourth-order valence-corrected chi connectivity index (χ4v) is 12.5. The predicted molar refractivity (Wildman–Crippen MR) is 237 cm³/mol. The molecule has 15 heteroatoms. The SMILES string of the molecule is C[C@@H]1[C@@H]([Si](C)(C)F)[C@H](CCn2cc(C(CO)c3ccccc3)nn2)O[C@@]12C(=O)N(Cc1cccc(-n3[nH]c4ccccc4c3=O)c1)c1ccc(-n3[nH]c4ccccc4c3=O)cc12. The van der Waals surface area contributed by atoms with E-state index in [1.54, 1.807) is 47.1 Å². The van der Waals surface area contributed by atoms with Gasteiger partial charge in [0.2, 0.25) is 8.41 Å². The lowest BCUT2D eigenvalue weighted by Crippen LogP contribution is -2.45. The molecule has 62 heavy (non-hydrogen) atoms. The summed E-state index contributed by atoms with van der Waals surface area (Å²) >= 11 is 0. The first-order chi connectivity index (χ1) is 30.0. The average Bonchev–Trinajstić information content (AvgIpc) is 4.08. The molecular formula is C47H45FN8O5Si. The van der Waals surface area contributed by atoms with Crippen LogP contribution in [0.3, 0.4) is 0 Å². The number of para-hydroxylation sites is 2. The largest absolute Gasteiger partial charge is 0.395 e. The summed E-state index contributed by atoms with van der Waals surface area (Å²) in [6, 6.07) is 37.1. The summed E-state index contributed by atoms with van der Waals surface area (Å²) in [5, 5.41) is 26.5. The molecule has 0 aliphatic carbocycles. The third-order valence-corrected chi connectivity index (χ3v) is 15.3. The molecule has 314 valence electrons. The van der Waals surface area contributed by atoms with Gasteiger partial charge >= 0.3 is 0 Å². The maximum Gasteiger partial charge on any atom is 0.279 e. The van der Waals surface area contributed by atoms with Crippen molar-refractivity contribution in [3.8, 4) is 11.4 Å². The number of H-pyrrole nitrogens is 2. The Balaban J connectivity index is 1.03. The highest BCUT2D eigenvalue weighted by molar-refractivity contribution is 6.72. The zero-order valence-electron chi connectivity index (χ0n) is 34.4. The average molecular weight is 849 g/mol. The number of carbonyl (C=O) groups is 1. The van der Waals surface area contributed by atoms with Gasteiger partial charge in [-0.2, -0.15) is 0 Å². The molecule has 1 saturated heterocycles. The third-order valence-electron chi connectivity index (χ3n) is 12.8. The Morgan fingerprint density at radius 3 is 2.11 bits per heavy atom. The van der Waals surface area contributed by atoms with Crippen LogP contribution in [-0.2, 0) is 28.2 Å². The number of hydrogen-bond acceptors (Lipinski definition) is 7. The topological polar surface area (TPSA) is 156 Å². The number of aliphatic hydroxyl groups excluding tert-OH is 1. The molecule has 0 bridgehead atoms. The lowest BCUT2D eigenvalue weighted by atomic mass is 9.82. The summed E-state index contributed by atoms with van der Waals surface area (Å²) in [5.74, 6) is -1.27. The van der Waals surface area contributed by atoms with E-state index in [1.807, 2.05) is 110 Å². The van der Waals surface area contributed by atoms with Crippen molar-refractivity contribution in [2.45, 2.75) is 62.7 Å². The zero-order chi connectivity index (χ0) is 42.9. The number of benzene rings is 5. The number of ether oxygens (including phenoxy) is 1. The normalized spacial score (nSPS) is 20.5. The van der Waals surface area contributed by atoms with Crippen LogP contribution in [0.5, 0.6) is 0 Å². The van der Waals surface area contributed by atoms with Crippen LogP contribution in [0.2, 0.25) is 18.6 Å². The van der Waals surface area contributed by atoms with Gasteiger partial charge in [-0.15, -0.1) is 5.10 Å². The quantitative estimate of drug-likeness (QED) is 0.0929. The van der Waals surface area contributed by atoms with Crippen molar-refractivity contribution in [3.05, 3.63) is 171 Å². The summed E-state index contributed by atoms with van der Waals surface area (Å²) in [6.07, 6.45) is 1.48. The smallest absolute Gasteiger partial charge is 0.279 e. The molecule has 13 nitrogen and oxygen atoms in total. The van der Waals surface area contributed by atoms with E-state index in [0.717, 1.165) is 11.1 Å². The van der Waals surface area contributed by atoms with Gasteiger partial charge in [-0.05, 0) is 85.2 Å². The molecule has 1 spiro atoms. The van der Waals surface area contributed by atoms with E-state index >= 15 is 8.90 Å². The van der Waals surface area contributed by atoms with Gasteiger partial charge in [0.1, 0.15) is 0 Å². The second-order valence-electron chi connectivity index (χ2n) is 17.0. The molecule has 1 fully saturated rings. The Bertz CT molecular complexity index is 3110. The number of halogens is 1. The first-order valence-corrected chi connectivity index (χ1v) is 23.8. The van der Waals surface area contributed by atoms with Gasteiger partial charge in [-0.3, -0.25) is 29.3 Å². The van der Waals surface area contributed by atoms with E-state index in [4.69, 9.17) is 4.74 Å². The van der Waals surface area contributed by atoms with Gasteiger partial charge in [0.15, 0.2) is 5.60 Å². The van der Waals surface area contributed by atoms with E-state index in [-0.39, 0.29) is 36.1 Å². The van der Waals surface area contributed by atoms with Gasteiger partial charge < -0.3 is 18.9 Å². The van der Waals surface area contributed by atoms with Crippen LogP contribution in [0.4, 0.5) is 9.80 Å². The maximum absolute atomic E-state index is 16.9. The van der Waals surface area contributed by atoms with Gasteiger partial charge in [0, 0.05) is 29.8 Å². The molecule has 8 aromatic rings. The third kappa shape index (κ3) is 6.37. The van der Waals surface area contributed by atoms with Gasteiger partial charge in [-0.25, -0.2) is 9.36 Å². The Morgan fingerprint density at radius 1 is 0.823 bits per heavy atom. The number of aromatic amines is 2. The number of fused-ring (bicyclic) bond motifs is 4. The molecule has 1 amide bonds. The Hall–Kier alpha value is -6.68. The van der Waals surface area contributed by atoms with Gasteiger partial charge in [0.05, 0.1) is 69.7 Å². The lowest BCUT2D eigenvalue weighted by Gasteiger charge is -2.31. The fourth-order valence-electron chi connectivity index (χ4n) is 9.96. The number of aryl methyl sites for hydroxylation is 1. The number of aliphatic hydroxyl groups is 1. The molecular weight excluding hydrogens is 804 g/mol. The Kier molecular flexibility index (Phi) is 9.57. The van der Waals surface area contributed by atoms with Crippen molar-refractivity contribution in [2.24, 2.45) is 5.92 Å². The van der Waals surface area contributed by atoms with E-state index in [1.165, 1.54) is 9.36 Å². The Labute approximate surface area is 356 Å². The lowest BCUT2D eigenvalue weighted by molar-refractivity contribution is -0.146. The van der Waals surface area contributed by atoms with E-state index < -0.39 is 31.6 Å². The highest BCUT2D eigenvalue weighted by Gasteiger charge is 2.66. The van der Waals surface area contributed by atoms with Crippen molar-refractivity contribution in [2.75, 3.05) is 11.5 Å². The van der Waals surface area contributed by atoms with Crippen LogP contribution in [0, 0.1) is 5.92 Å². The molecule has 3 N–H and O–H groups in total. The highest BCUT2D eigenvalue weighted by Crippen LogP contribution is 2.60. The van der Waals surface area contributed by atoms with Gasteiger partial charge in [0.25, 0.3) is 17.0 Å². The second kappa shape index (κ2) is 15.0. The van der Waals surface area contributed by atoms with Crippen LogP contribution >= 0.6 is 0 Å². The van der Waals surface area contributed by atoms with Crippen molar-refractivity contribution in [1.82, 2.24) is 34.6 Å². The molecule has 1 unspecified atom stereocenters. The summed E-state index contributed by atoms with van der Waals surface area (Å²) in [6.45, 7) is 5.57. The van der Waals surface area contributed by atoms with Crippen LogP contribution in [0.15, 0.2) is 137 Å². The number of anilines is 1. The van der Waals surface area contributed by atoms with Crippen molar-refractivity contribution >= 4 is 41.8 Å². The molecule has 2 aliphatic rings. The first kappa shape index (κ1) is 39.5. The molecule has 0 saturated carbocycles. The summed E-state index contributed by atoms with van der Waals surface area (Å²) < 4.78 is 28.6. The van der Waals surface area contributed by atoms with Crippen molar-refractivity contribution in [3.63, 3.8) is 0 Å². The summed E-state index contributed by atoms with van der Waals surface area (Å²) in [4.78, 5) is 44.2. The molecule has 5 atom stereocenters. The monoisotopic (exact) mass is 848 g/mol. The van der Waals surface area contributed by atoms with Crippen LogP contribution in [0.1, 0.15) is 41.6 Å². The number of amides is 1. The molecule has 5 aromatic carbocycles. The minimum atomic E-state index is -3.54. The fraction of sp³-hybridized carbons (Fsp3) is 0.255. The summed E-state index contributed by atoms with van der Waals surface area (Å²) in [7, 11) is -3.54. The molecule has 2 aliphatic heterocycles. The molecule has 0 radical (unpaired) electrons. The van der Waals surface area contributed by atoms with Crippen molar-refractivity contribution in [1.29, 1.82) is 0 Å². The summed E-state index contributed by atoms with van der Waals surface area (Å²) in [5.41, 5.74) is 3.34. The molecule has 10 rings (SSSR count). The van der Waals surface area contributed by atoms with E-state index in [9.17, 15) is 14.7 Å². The van der Waals surface area contributed by atoms with Crippen LogP contribution in [-0.4, -0.2) is 66.7 Å². The number of nitrogens with one attached hydrogen (secondary N) is 2. The minimum absolute atomic E-state index is 0.138. The number of aromatic nitrogens is 7. The number of hydrogen-bond donors (Lipinski definition) is 3. The molecule has 3 aromatic heterocycles. The van der Waals surface area contributed by atoms with Crippen molar-refractivity contribution < 1.29 is 18.7 Å². The van der Waals surface area contributed by atoms with Crippen LogP contribution < -0.4 is 16.0 Å². The minimum Gasteiger partial charge on any atom is -0.395 e. The van der Waals surface area contributed by atoms with Crippen LogP contribution in [0.25, 0.3) is 33.2 Å². The second-order valence-corrected chi connectivity index (χ2v) is 20.8. The number of nitrogens with zero attached hydrogens (tertiary/aromatic N) is 6. The first-order valence-electron chi connectivity index (χ1n) is 20.8. The van der Waals surface area contributed by atoms with E-state index in [2.05, 4.69) is 20.5 Å². The van der Waals surface area contributed by atoms with E-state index in [0.29, 0.717) is 63.1 Å². The highest BCUT2D eigenvalue weighted by atomic mass is 28.4. The zero-order valence-corrected chi connectivity index (χ0v) is 35.4. The standard InChI is InChI=1S/C47H45FN8O5Si/c1-29-43(62(2,3)48)42(22-23-53-27-40(49-52-53)36(28-57)31-13-5-4-6-14-31)61-47(29)37-25-33(56-45(59)35-17-8-10-19-39(35)51-56)20-21-41(37)54(46(47)60)26-30-12-11-15-32(24-30)55-44(58)34-16-7-9-18-38(34)50-55/h4-21,24-25,27,29,36,42-43,50-51,57H,22-23,26,28H2,1-3H3/t29-,36?,42+,43-,47+/m1/s1. The molecule has 5 heterocycles. The number of carbonyl (C=O) groups excluding carboxylic acids is 1.